The van der Waals surface area contributed by atoms with Gasteiger partial charge in [-0.1, -0.05) is 34.4 Å². The highest BCUT2D eigenvalue weighted by Gasteiger charge is 2.52. The molecule has 2 bridgehead atoms. The summed E-state index contributed by atoms with van der Waals surface area (Å²) in [5, 5.41) is 4.38. The number of ether oxygens (including phenoxy) is 2. The minimum Gasteiger partial charge on any atom is -0.380 e. The zero-order valence-electron chi connectivity index (χ0n) is 25.0. The Hall–Kier alpha value is -2.90. The van der Waals surface area contributed by atoms with Gasteiger partial charge in [0.15, 0.2) is 21.4 Å². The lowest BCUT2D eigenvalue weighted by molar-refractivity contribution is -0.126. The number of methoxy groups -OCH3 is 1. The molecule has 3 heterocycles. The molecule has 5 atom stereocenters. The fourth-order valence-corrected chi connectivity index (χ4v) is 9.79. The van der Waals surface area contributed by atoms with E-state index < -0.39 is 50.2 Å². The number of fused-ring (bicyclic) bond motifs is 2. The zero-order chi connectivity index (χ0) is 32.3. The van der Waals surface area contributed by atoms with Crippen molar-refractivity contribution in [2.24, 2.45) is 5.92 Å². The van der Waals surface area contributed by atoms with Crippen LogP contribution in [0.2, 0.25) is 10.0 Å². The molecule has 14 heteroatoms. The van der Waals surface area contributed by atoms with E-state index in [1.165, 1.54) is 18.2 Å². The Morgan fingerprint density at radius 3 is 2.57 bits per heavy atom. The molecule has 4 aliphatic rings. The van der Waals surface area contributed by atoms with Gasteiger partial charge in [0.2, 0.25) is 5.91 Å². The molecule has 244 valence electrons. The molecular weight excluding hydrogens is 660 g/mol. The number of hydrogen-bond donors (Lipinski definition) is 0. The van der Waals surface area contributed by atoms with E-state index in [2.05, 4.69) is 10.1 Å². The second kappa shape index (κ2) is 12.3. The number of sulfone groups is 1. The lowest BCUT2D eigenvalue weighted by atomic mass is 10.0. The van der Waals surface area contributed by atoms with Crippen LogP contribution in [0.3, 0.4) is 0 Å². The highest BCUT2D eigenvalue weighted by molar-refractivity contribution is 7.92. The maximum absolute atomic E-state index is 15.2. The predicted octanol–water partition coefficient (Wildman–Crippen LogP) is 5.94. The van der Waals surface area contributed by atoms with Gasteiger partial charge in [-0.2, -0.15) is 0 Å². The number of benzene rings is 1. The number of piperidine rings is 1. The van der Waals surface area contributed by atoms with Gasteiger partial charge in [0.1, 0.15) is 22.9 Å². The molecule has 2 aromatic heterocycles. The third-order valence-corrected chi connectivity index (χ3v) is 12.4. The summed E-state index contributed by atoms with van der Waals surface area (Å²) in [6, 6.07) is 6.05. The van der Waals surface area contributed by atoms with Crippen LogP contribution < -0.4 is 4.90 Å². The Morgan fingerprint density at radius 2 is 1.89 bits per heavy atom. The molecule has 46 heavy (non-hydrogen) atoms. The Morgan fingerprint density at radius 1 is 1.13 bits per heavy atom. The summed E-state index contributed by atoms with van der Waals surface area (Å²) in [6.07, 6.45) is 5.07. The minimum absolute atomic E-state index is 0.162. The fourth-order valence-electron chi connectivity index (χ4n) is 7.26. The van der Waals surface area contributed by atoms with Gasteiger partial charge in [-0.05, 0) is 57.1 Å². The van der Waals surface area contributed by atoms with Crippen LogP contribution in [0.1, 0.15) is 72.7 Å². The van der Waals surface area contributed by atoms with Crippen molar-refractivity contribution in [3.8, 4) is 11.3 Å². The van der Waals surface area contributed by atoms with Crippen LogP contribution in [-0.2, 0) is 30.7 Å². The topological polar surface area (TPSA) is 129 Å². The number of aromatic nitrogens is 2. The Bertz CT molecular complexity index is 1790. The lowest BCUT2D eigenvalue weighted by Crippen LogP contribution is -2.43. The Labute approximate surface area is 275 Å². The maximum atomic E-state index is 15.2. The summed E-state index contributed by atoms with van der Waals surface area (Å²) in [4.78, 5) is 31.8. The number of hydrogen-bond acceptors (Lipinski definition) is 9. The number of anilines is 1. The van der Waals surface area contributed by atoms with Crippen molar-refractivity contribution in [1.82, 2.24) is 10.1 Å². The number of rotatable bonds is 11. The monoisotopic (exact) mass is 691 g/mol. The number of carbonyl (C=O) groups is 2. The number of halogens is 3. The largest absolute Gasteiger partial charge is 0.380 e. The van der Waals surface area contributed by atoms with Gasteiger partial charge in [0.25, 0.3) is 0 Å². The van der Waals surface area contributed by atoms with Crippen molar-refractivity contribution in [2.45, 2.75) is 81.0 Å². The van der Waals surface area contributed by atoms with Gasteiger partial charge in [0, 0.05) is 36.3 Å². The molecule has 3 aliphatic carbocycles. The number of nitrogens with zero attached hydrogens (tertiary/aromatic N) is 3. The molecule has 1 aromatic carbocycles. The third kappa shape index (κ3) is 5.66. The number of Topliss-reactive ketones (excluding diaryl/α,β-unsaturated/α-hetero) is 1. The highest BCUT2D eigenvalue weighted by Crippen LogP contribution is 2.48. The van der Waals surface area contributed by atoms with Crippen LogP contribution in [0.25, 0.3) is 11.3 Å². The lowest BCUT2D eigenvalue weighted by Gasteiger charge is -2.31. The quantitative estimate of drug-likeness (QED) is 0.225. The van der Waals surface area contributed by atoms with Crippen molar-refractivity contribution in [3.05, 3.63) is 63.3 Å². The van der Waals surface area contributed by atoms with Crippen molar-refractivity contribution in [3.63, 3.8) is 0 Å². The van der Waals surface area contributed by atoms with E-state index in [1.807, 2.05) is 0 Å². The van der Waals surface area contributed by atoms with Gasteiger partial charge < -0.3 is 18.9 Å². The molecule has 0 unspecified atom stereocenters. The third-order valence-electron chi connectivity index (χ3n) is 9.66. The molecule has 1 saturated heterocycles. The van der Waals surface area contributed by atoms with Crippen LogP contribution in [-0.4, -0.2) is 66.6 Å². The van der Waals surface area contributed by atoms with E-state index in [0.717, 1.165) is 30.2 Å². The van der Waals surface area contributed by atoms with Crippen molar-refractivity contribution in [1.29, 1.82) is 0 Å². The number of ketones is 1. The highest BCUT2D eigenvalue weighted by atomic mass is 35.5. The van der Waals surface area contributed by atoms with Gasteiger partial charge in [-0.25, -0.2) is 17.8 Å². The summed E-state index contributed by atoms with van der Waals surface area (Å²) in [5.74, 6) is -2.43. The van der Waals surface area contributed by atoms with E-state index in [-0.39, 0.29) is 36.3 Å². The van der Waals surface area contributed by atoms with Crippen molar-refractivity contribution >= 4 is 50.4 Å². The molecule has 1 amide bonds. The first-order valence-corrected chi connectivity index (χ1v) is 17.8. The van der Waals surface area contributed by atoms with Crippen LogP contribution in [0.15, 0.2) is 35.0 Å². The van der Waals surface area contributed by atoms with Crippen molar-refractivity contribution < 1.29 is 36.4 Å². The standard InChI is InChI=1S/C32H32Cl2FN3O7S/c1-43-25-6-3-7-27(25)46(41,42)15-24(39)30-23(35)11-18(13-36-30)38-17-10-19(32(38)40)26(12-17)44-14-20-29(37-45-31(20)16-8-9-16)28-21(33)4-2-5-22(28)34/h2,4-5,11,13,16-17,19,25-27H,3,6-10,12,14-15H2,1H3/t17-,19+,25+,26+,27+/m0/s1. The molecule has 3 saturated carbocycles. The second-order valence-electron chi connectivity index (χ2n) is 12.5. The maximum Gasteiger partial charge on any atom is 0.233 e. The predicted molar refractivity (Wildman–Crippen MR) is 167 cm³/mol. The second-order valence-corrected chi connectivity index (χ2v) is 15.6. The SMILES string of the molecule is CO[C@@H]1CCC[C@H]1S(=O)(=O)CC(=O)c1ncc(N2C(=O)[C@@H]3C[C@H]2C[C@H]3OCc2c(-c3c(Cl)cccc3Cl)noc2C2CC2)cc1F. The van der Waals surface area contributed by atoms with Crippen molar-refractivity contribution in [2.75, 3.05) is 17.8 Å². The Kier molecular flexibility index (Phi) is 8.46. The smallest absolute Gasteiger partial charge is 0.233 e. The molecule has 7 rings (SSSR count). The Balaban J connectivity index is 1.03. The molecule has 0 radical (unpaired) electrons. The minimum atomic E-state index is -3.86. The summed E-state index contributed by atoms with van der Waals surface area (Å²) in [6.45, 7) is 0.162. The molecule has 1 aliphatic heterocycles. The average Bonchev–Trinajstić information content (AvgIpc) is 3.33. The summed E-state index contributed by atoms with van der Waals surface area (Å²) in [5.41, 5.74) is 1.52. The van der Waals surface area contributed by atoms with E-state index >= 15 is 4.39 Å². The zero-order valence-corrected chi connectivity index (χ0v) is 27.3. The van der Waals surface area contributed by atoms with Gasteiger partial charge in [-0.3, -0.25) is 9.59 Å². The van der Waals surface area contributed by atoms with Gasteiger partial charge in [0.05, 0.1) is 51.9 Å². The van der Waals surface area contributed by atoms with Crippen LogP contribution in [0.4, 0.5) is 10.1 Å². The first-order valence-electron chi connectivity index (χ1n) is 15.4. The summed E-state index contributed by atoms with van der Waals surface area (Å²) >= 11 is 13.0. The molecule has 10 nitrogen and oxygen atoms in total. The van der Waals surface area contributed by atoms with E-state index in [4.69, 9.17) is 37.2 Å². The van der Waals surface area contributed by atoms with E-state index in [9.17, 15) is 18.0 Å². The molecule has 4 fully saturated rings. The van der Waals surface area contributed by atoms with Gasteiger partial charge in [-0.15, -0.1) is 0 Å². The first-order chi connectivity index (χ1) is 22.1. The number of amides is 1. The number of carbonyl (C=O) groups excluding carboxylic acids is 2. The molecule has 0 N–H and O–H groups in total. The fraction of sp³-hybridized carbons (Fsp3) is 0.500. The molecule has 3 aromatic rings. The molecule has 0 spiro atoms. The van der Waals surface area contributed by atoms with E-state index in [1.54, 1.807) is 18.2 Å². The van der Waals surface area contributed by atoms with Crippen LogP contribution in [0, 0.1) is 11.7 Å². The van der Waals surface area contributed by atoms with Crippen LogP contribution in [0.5, 0.6) is 0 Å². The summed E-state index contributed by atoms with van der Waals surface area (Å²) < 4.78 is 58.4. The number of pyridine rings is 1. The molecular formula is C32H32Cl2FN3O7S. The summed E-state index contributed by atoms with van der Waals surface area (Å²) in [7, 11) is -2.42. The normalized spacial score (nSPS) is 26.0. The van der Waals surface area contributed by atoms with Crippen LogP contribution >= 0.6 is 23.2 Å². The van der Waals surface area contributed by atoms with Gasteiger partial charge >= 0.3 is 0 Å². The van der Waals surface area contributed by atoms with E-state index in [0.29, 0.717) is 53.4 Å². The first kappa shape index (κ1) is 31.7. The average molecular weight is 693 g/mol.